The predicted molar refractivity (Wildman–Crippen MR) is 76.6 cm³/mol. The van der Waals surface area contributed by atoms with Crippen LogP contribution in [-0.2, 0) is 0 Å². The highest BCUT2D eigenvalue weighted by Gasteiger charge is 2.17. The van der Waals surface area contributed by atoms with Gasteiger partial charge in [-0.1, -0.05) is 36.4 Å². The van der Waals surface area contributed by atoms with Crippen LogP contribution in [0.4, 0.5) is 0 Å². The highest BCUT2D eigenvalue weighted by molar-refractivity contribution is 5.97. The zero-order valence-electron chi connectivity index (χ0n) is 11.2. The van der Waals surface area contributed by atoms with E-state index in [1.165, 1.54) is 6.07 Å². The number of hydrogen-bond donors (Lipinski definition) is 3. The molecule has 2 aromatic rings. The first-order valence-electron chi connectivity index (χ1n) is 6.38. The van der Waals surface area contributed by atoms with Crippen LogP contribution in [0.25, 0.3) is 0 Å². The zero-order chi connectivity index (χ0) is 14.5. The van der Waals surface area contributed by atoms with Crippen molar-refractivity contribution in [2.24, 2.45) is 0 Å². The first-order valence-corrected chi connectivity index (χ1v) is 6.38. The molecule has 20 heavy (non-hydrogen) atoms. The summed E-state index contributed by atoms with van der Waals surface area (Å²) in [6.07, 6.45) is 0. The van der Waals surface area contributed by atoms with Crippen molar-refractivity contribution in [3.8, 4) is 5.75 Å². The molecule has 2 rings (SSSR count). The van der Waals surface area contributed by atoms with E-state index in [2.05, 4.69) is 5.32 Å². The maximum atomic E-state index is 12.1. The van der Waals surface area contributed by atoms with Crippen molar-refractivity contribution in [2.75, 3.05) is 6.61 Å². The van der Waals surface area contributed by atoms with Crippen LogP contribution in [0.3, 0.4) is 0 Å². The van der Waals surface area contributed by atoms with Gasteiger partial charge in [-0.05, 0) is 30.2 Å². The summed E-state index contributed by atoms with van der Waals surface area (Å²) in [5.41, 5.74) is 1.89. The summed E-state index contributed by atoms with van der Waals surface area (Å²) < 4.78 is 0. The number of benzene rings is 2. The van der Waals surface area contributed by atoms with Crippen molar-refractivity contribution in [3.63, 3.8) is 0 Å². The van der Waals surface area contributed by atoms with Crippen LogP contribution in [0.5, 0.6) is 5.75 Å². The predicted octanol–water partition coefficient (Wildman–Crippen LogP) is 2.16. The number of aliphatic hydroxyl groups is 1. The van der Waals surface area contributed by atoms with E-state index in [4.69, 9.17) is 0 Å². The number of aliphatic hydroxyl groups excluding tert-OH is 1. The Morgan fingerprint density at radius 1 is 1.20 bits per heavy atom. The average Bonchev–Trinajstić information content (AvgIpc) is 2.45. The van der Waals surface area contributed by atoms with E-state index in [1.807, 2.05) is 37.3 Å². The Labute approximate surface area is 117 Å². The van der Waals surface area contributed by atoms with Crippen molar-refractivity contribution < 1.29 is 15.0 Å². The summed E-state index contributed by atoms with van der Waals surface area (Å²) in [6, 6.07) is 13.6. The second-order valence-corrected chi connectivity index (χ2v) is 4.64. The highest BCUT2D eigenvalue weighted by atomic mass is 16.3. The summed E-state index contributed by atoms with van der Waals surface area (Å²) in [5.74, 6) is -0.474. The van der Waals surface area contributed by atoms with E-state index in [0.717, 1.165) is 11.1 Å². The monoisotopic (exact) mass is 271 g/mol. The molecule has 1 amide bonds. The molecule has 1 atom stereocenters. The number of carbonyl (C=O) groups excluding carboxylic acids is 1. The second-order valence-electron chi connectivity index (χ2n) is 4.64. The number of aryl methyl sites for hydroxylation is 1. The molecular weight excluding hydrogens is 254 g/mol. The second kappa shape index (κ2) is 6.21. The van der Waals surface area contributed by atoms with Crippen molar-refractivity contribution in [3.05, 3.63) is 65.2 Å². The van der Waals surface area contributed by atoms with Gasteiger partial charge in [0.05, 0.1) is 18.2 Å². The van der Waals surface area contributed by atoms with E-state index in [1.54, 1.807) is 12.1 Å². The van der Waals surface area contributed by atoms with Crippen LogP contribution in [0.2, 0.25) is 0 Å². The third-order valence-electron chi connectivity index (χ3n) is 3.09. The van der Waals surface area contributed by atoms with Gasteiger partial charge in [0.15, 0.2) is 0 Å². The van der Waals surface area contributed by atoms with Crippen molar-refractivity contribution >= 4 is 5.91 Å². The van der Waals surface area contributed by atoms with Gasteiger partial charge in [-0.3, -0.25) is 4.79 Å². The number of phenols is 1. The quantitative estimate of drug-likeness (QED) is 0.798. The average molecular weight is 271 g/mol. The molecule has 2 aromatic carbocycles. The van der Waals surface area contributed by atoms with E-state index in [-0.39, 0.29) is 17.9 Å². The molecule has 104 valence electrons. The lowest BCUT2D eigenvalue weighted by atomic mass is 10.1. The molecule has 0 aliphatic carbocycles. The molecule has 4 heteroatoms. The number of nitrogens with one attached hydrogen (secondary N) is 1. The maximum Gasteiger partial charge on any atom is 0.255 e. The van der Waals surface area contributed by atoms with E-state index >= 15 is 0 Å². The molecule has 4 nitrogen and oxygen atoms in total. The van der Waals surface area contributed by atoms with Crippen molar-refractivity contribution in [1.82, 2.24) is 5.32 Å². The molecule has 0 spiro atoms. The van der Waals surface area contributed by atoms with Crippen molar-refractivity contribution in [2.45, 2.75) is 13.0 Å². The standard InChI is InChI=1S/C16H17NO3/c1-11-7-8-13(15(19)9-11)16(20)17-14(10-18)12-5-3-2-4-6-12/h2-9,14,18-19H,10H2,1H3,(H,17,20)/t14-/m0/s1. The third kappa shape index (κ3) is 3.16. The minimum absolute atomic E-state index is 0.0627. The molecule has 0 aliphatic rings. The SMILES string of the molecule is Cc1ccc(C(=O)N[C@@H](CO)c2ccccc2)c(O)c1. The van der Waals surface area contributed by atoms with Crippen LogP contribution in [-0.4, -0.2) is 22.7 Å². The molecule has 0 fully saturated rings. The molecule has 0 saturated heterocycles. The molecule has 0 radical (unpaired) electrons. The Kier molecular flexibility index (Phi) is 4.38. The smallest absolute Gasteiger partial charge is 0.255 e. The number of rotatable bonds is 4. The highest BCUT2D eigenvalue weighted by Crippen LogP contribution is 2.20. The van der Waals surface area contributed by atoms with Crippen LogP contribution < -0.4 is 5.32 Å². The lowest BCUT2D eigenvalue weighted by Gasteiger charge is -2.17. The Hall–Kier alpha value is -2.33. The lowest BCUT2D eigenvalue weighted by molar-refractivity contribution is 0.0913. The molecular formula is C16H17NO3. The van der Waals surface area contributed by atoms with E-state index in [9.17, 15) is 15.0 Å². The van der Waals surface area contributed by atoms with Gasteiger partial charge in [0.2, 0.25) is 0 Å². The summed E-state index contributed by atoms with van der Waals surface area (Å²) in [5, 5.41) is 21.9. The fourth-order valence-electron chi connectivity index (χ4n) is 1.99. The third-order valence-corrected chi connectivity index (χ3v) is 3.09. The summed E-state index contributed by atoms with van der Waals surface area (Å²) in [4.78, 5) is 12.1. The van der Waals surface area contributed by atoms with E-state index in [0.29, 0.717) is 0 Å². The summed E-state index contributed by atoms with van der Waals surface area (Å²) in [7, 11) is 0. The topological polar surface area (TPSA) is 69.6 Å². The molecule has 0 heterocycles. The first kappa shape index (κ1) is 14.1. The Bertz CT molecular complexity index is 596. The van der Waals surface area contributed by atoms with Gasteiger partial charge < -0.3 is 15.5 Å². The molecule has 0 unspecified atom stereocenters. The molecule has 0 saturated carbocycles. The molecule has 0 bridgehead atoms. The Morgan fingerprint density at radius 2 is 1.90 bits per heavy atom. The van der Waals surface area contributed by atoms with Crippen LogP contribution in [0.1, 0.15) is 27.5 Å². The number of phenolic OH excluding ortho intramolecular Hbond substituents is 1. The Balaban J connectivity index is 2.17. The molecule has 0 aliphatic heterocycles. The van der Waals surface area contributed by atoms with Gasteiger partial charge in [-0.15, -0.1) is 0 Å². The number of hydrogen-bond acceptors (Lipinski definition) is 3. The lowest BCUT2D eigenvalue weighted by Crippen LogP contribution is -2.30. The van der Waals surface area contributed by atoms with Gasteiger partial charge >= 0.3 is 0 Å². The zero-order valence-corrected chi connectivity index (χ0v) is 11.2. The fourth-order valence-corrected chi connectivity index (χ4v) is 1.99. The minimum Gasteiger partial charge on any atom is -0.507 e. The number of aromatic hydroxyl groups is 1. The minimum atomic E-state index is -0.496. The van der Waals surface area contributed by atoms with Gasteiger partial charge in [0.25, 0.3) is 5.91 Å². The van der Waals surface area contributed by atoms with Crippen LogP contribution >= 0.6 is 0 Å². The van der Waals surface area contributed by atoms with Gasteiger partial charge in [-0.2, -0.15) is 0 Å². The number of carbonyl (C=O) groups is 1. The first-order chi connectivity index (χ1) is 9.61. The van der Waals surface area contributed by atoms with Crippen LogP contribution in [0.15, 0.2) is 48.5 Å². The molecule has 3 N–H and O–H groups in total. The normalized spacial score (nSPS) is 11.9. The van der Waals surface area contributed by atoms with Crippen molar-refractivity contribution in [1.29, 1.82) is 0 Å². The largest absolute Gasteiger partial charge is 0.507 e. The Morgan fingerprint density at radius 3 is 2.50 bits per heavy atom. The summed E-state index contributed by atoms with van der Waals surface area (Å²) in [6.45, 7) is 1.63. The number of amides is 1. The van der Waals surface area contributed by atoms with Gasteiger partial charge in [0, 0.05) is 0 Å². The molecule has 0 aromatic heterocycles. The van der Waals surface area contributed by atoms with E-state index < -0.39 is 11.9 Å². The van der Waals surface area contributed by atoms with Gasteiger partial charge in [0.1, 0.15) is 5.75 Å². The summed E-state index contributed by atoms with van der Waals surface area (Å²) >= 11 is 0. The van der Waals surface area contributed by atoms with Gasteiger partial charge in [-0.25, -0.2) is 0 Å². The fraction of sp³-hybridized carbons (Fsp3) is 0.188. The van der Waals surface area contributed by atoms with Crippen LogP contribution in [0, 0.1) is 6.92 Å². The maximum absolute atomic E-state index is 12.1.